The minimum absolute atomic E-state index is 0.182. The van der Waals surface area contributed by atoms with Crippen LogP contribution in [0.3, 0.4) is 0 Å². The lowest BCUT2D eigenvalue weighted by Crippen LogP contribution is -2.43. The van der Waals surface area contributed by atoms with Gasteiger partial charge in [-0.2, -0.15) is 4.31 Å². The average molecular weight is 366 g/mol. The number of piperidine rings is 1. The summed E-state index contributed by atoms with van der Waals surface area (Å²) in [6.45, 7) is 4.66. The van der Waals surface area contributed by atoms with Crippen LogP contribution in [-0.4, -0.2) is 25.3 Å². The highest BCUT2D eigenvalue weighted by molar-refractivity contribution is 9.11. The molecule has 19 heavy (non-hydrogen) atoms. The maximum Gasteiger partial charge on any atom is 0.244 e. The van der Waals surface area contributed by atoms with Crippen LogP contribution in [0, 0.1) is 6.92 Å². The lowest BCUT2D eigenvalue weighted by atomic mass is 10.0. The lowest BCUT2D eigenvalue weighted by molar-refractivity contribution is 0.239. The Morgan fingerprint density at radius 1 is 1.47 bits per heavy atom. The van der Waals surface area contributed by atoms with Crippen molar-refractivity contribution in [2.75, 3.05) is 6.54 Å². The Kier molecular flexibility index (Phi) is 5.09. The van der Waals surface area contributed by atoms with Crippen LogP contribution in [0.25, 0.3) is 0 Å². The average Bonchev–Trinajstić information content (AvgIpc) is 2.70. The molecule has 0 amide bonds. The zero-order valence-electron chi connectivity index (χ0n) is 11.4. The summed E-state index contributed by atoms with van der Waals surface area (Å²) in [6.07, 6.45) is 5.11. The molecule has 2 heterocycles. The first-order valence-corrected chi connectivity index (χ1v) is 9.79. The highest BCUT2D eigenvalue weighted by Gasteiger charge is 2.34. The molecule has 1 atom stereocenters. The van der Waals surface area contributed by atoms with E-state index in [-0.39, 0.29) is 6.04 Å². The summed E-state index contributed by atoms with van der Waals surface area (Å²) < 4.78 is 28.3. The van der Waals surface area contributed by atoms with Crippen LogP contribution >= 0.6 is 27.3 Å². The van der Waals surface area contributed by atoms with E-state index in [2.05, 4.69) is 22.9 Å². The SMILES string of the molecule is CCCC1CCCCN1S(=O)(=O)c1cc(Br)sc1C. The van der Waals surface area contributed by atoms with Gasteiger partial charge in [-0.1, -0.05) is 19.8 Å². The van der Waals surface area contributed by atoms with Crippen molar-refractivity contribution in [2.45, 2.75) is 56.9 Å². The van der Waals surface area contributed by atoms with Gasteiger partial charge in [-0.15, -0.1) is 11.3 Å². The van der Waals surface area contributed by atoms with E-state index in [4.69, 9.17) is 0 Å². The fraction of sp³-hybridized carbons (Fsp3) is 0.692. The number of hydrogen-bond donors (Lipinski definition) is 0. The molecule has 0 radical (unpaired) electrons. The first-order valence-electron chi connectivity index (χ1n) is 6.74. The number of rotatable bonds is 4. The van der Waals surface area contributed by atoms with Crippen molar-refractivity contribution in [1.82, 2.24) is 4.31 Å². The largest absolute Gasteiger partial charge is 0.244 e. The third-order valence-corrected chi connectivity index (χ3v) is 7.38. The molecular weight excluding hydrogens is 346 g/mol. The third kappa shape index (κ3) is 3.23. The number of halogens is 1. The molecule has 1 saturated heterocycles. The summed E-state index contributed by atoms with van der Waals surface area (Å²) in [5.41, 5.74) is 0. The minimum Gasteiger partial charge on any atom is -0.207 e. The van der Waals surface area contributed by atoms with E-state index in [1.165, 1.54) is 11.3 Å². The van der Waals surface area contributed by atoms with Crippen molar-refractivity contribution < 1.29 is 8.42 Å². The lowest BCUT2D eigenvalue weighted by Gasteiger charge is -2.34. The number of aryl methyl sites for hydroxylation is 1. The number of nitrogens with zero attached hydrogens (tertiary/aromatic N) is 1. The van der Waals surface area contributed by atoms with E-state index in [9.17, 15) is 8.42 Å². The van der Waals surface area contributed by atoms with Gasteiger partial charge in [0.25, 0.3) is 0 Å². The molecule has 1 aliphatic heterocycles. The van der Waals surface area contributed by atoms with E-state index < -0.39 is 10.0 Å². The van der Waals surface area contributed by atoms with Crippen LogP contribution < -0.4 is 0 Å². The molecule has 1 aromatic rings. The van der Waals surface area contributed by atoms with Crippen LogP contribution in [0.5, 0.6) is 0 Å². The van der Waals surface area contributed by atoms with Crippen molar-refractivity contribution in [3.05, 3.63) is 14.7 Å². The normalized spacial score (nSPS) is 21.7. The van der Waals surface area contributed by atoms with Crippen molar-refractivity contribution >= 4 is 37.3 Å². The van der Waals surface area contributed by atoms with Gasteiger partial charge < -0.3 is 0 Å². The number of sulfonamides is 1. The van der Waals surface area contributed by atoms with E-state index >= 15 is 0 Å². The molecule has 108 valence electrons. The zero-order valence-corrected chi connectivity index (χ0v) is 14.6. The molecule has 0 bridgehead atoms. The molecule has 1 fully saturated rings. The second-order valence-electron chi connectivity index (χ2n) is 5.02. The smallest absolute Gasteiger partial charge is 0.207 e. The highest BCUT2D eigenvalue weighted by atomic mass is 79.9. The van der Waals surface area contributed by atoms with Gasteiger partial charge in [0.1, 0.15) is 0 Å². The van der Waals surface area contributed by atoms with Crippen molar-refractivity contribution in [3.63, 3.8) is 0 Å². The highest BCUT2D eigenvalue weighted by Crippen LogP contribution is 2.34. The Balaban J connectivity index is 2.34. The van der Waals surface area contributed by atoms with Crippen LogP contribution in [0.4, 0.5) is 0 Å². The predicted octanol–water partition coefficient (Wildman–Crippen LogP) is 4.16. The van der Waals surface area contributed by atoms with E-state index in [1.807, 2.05) is 6.92 Å². The van der Waals surface area contributed by atoms with Crippen molar-refractivity contribution in [1.29, 1.82) is 0 Å². The van der Waals surface area contributed by atoms with Gasteiger partial charge in [0, 0.05) is 17.5 Å². The van der Waals surface area contributed by atoms with Crippen LogP contribution in [0.15, 0.2) is 14.7 Å². The summed E-state index contributed by atoms with van der Waals surface area (Å²) >= 11 is 4.87. The Labute approximate surface area is 128 Å². The molecule has 0 aliphatic carbocycles. The van der Waals surface area contributed by atoms with Gasteiger partial charge in [-0.3, -0.25) is 0 Å². The molecule has 3 nitrogen and oxygen atoms in total. The Morgan fingerprint density at radius 3 is 2.79 bits per heavy atom. The monoisotopic (exact) mass is 365 g/mol. The van der Waals surface area contributed by atoms with Crippen LogP contribution in [0.1, 0.15) is 43.9 Å². The maximum atomic E-state index is 12.8. The Hall–Kier alpha value is 0.0900. The number of hydrogen-bond acceptors (Lipinski definition) is 3. The second-order valence-corrected chi connectivity index (χ2v) is 9.52. The van der Waals surface area contributed by atoms with E-state index in [0.717, 1.165) is 40.8 Å². The molecule has 2 rings (SSSR count). The van der Waals surface area contributed by atoms with Gasteiger partial charge >= 0.3 is 0 Å². The van der Waals surface area contributed by atoms with Crippen LogP contribution in [-0.2, 0) is 10.0 Å². The molecule has 6 heteroatoms. The Bertz CT molecular complexity index is 537. The van der Waals surface area contributed by atoms with Gasteiger partial charge in [0.05, 0.1) is 8.68 Å². The molecule has 1 aromatic heterocycles. The fourth-order valence-corrected chi connectivity index (χ4v) is 6.83. The summed E-state index contributed by atoms with van der Waals surface area (Å²) in [6, 6.07) is 1.93. The molecule has 0 N–H and O–H groups in total. The van der Waals surface area contributed by atoms with Gasteiger partial charge in [0.2, 0.25) is 10.0 Å². The van der Waals surface area contributed by atoms with Gasteiger partial charge in [-0.25, -0.2) is 8.42 Å². The first-order chi connectivity index (χ1) is 8.96. The molecule has 1 unspecified atom stereocenters. The van der Waals surface area contributed by atoms with Crippen LogP contribution in [0.2, 0.25) is 0 Å². The molecule has 0 spiro atoms. The molecule has 0 saturated carbocycles. The second kappa shape index (κ2) is 6.24. The molecule has 1 aliphatic rings. The predicted molar refractivity (Wildman–Crippen MR) is 83.2 cm³/mol. The quantitative estimate of drug-likeness (QED) is 0.802. The topological polar surface area (TPSA) is 37.4 Å². The summed E-state index contributed by atoms with van der Waals surface area (Å²) in [4.78, 5) is 1.35. The molecule has 0 aromatic carbocycles. The number of thiophene rings is 1. The van der Waals surface area contributed by atoms with Gasteiger partial charge in [0.15, 0.2) is 0 Å². The van der Waals surface area contributed by atoms with E-state index in [0.29, 0.717) is 11.4 Å². The third-order valence-electron chi connectivity index (χ3n) is 3.62. The standard InChI is InChI=1S/C13H20BrNO2S2/c1-3-6-11-7-4-5-8-15(11)19(16,17)12-9-13(14)18-10(12)2/h9,11H,3-8H2,1-2H3. The van der Waals surface area contributed by atoms with E-state index in [1.54, 1.807) is 10.4 Å². The van der Waals surface area contributed by atoms with Gasteiger partial charge in [-0.05, 0) is 48.2 Å². The maximum absolute atomic E-state index is 12.8. The zero-order chi connectivity index (χ0) is 14.0. The summed E-state index contributed by atoms with van der Waals surface area (Å²) in [5, 5.41) is 0. The minimum atomic E-state index is -3.33. The van der Waals surface area contributed by atoms with Crippen molar-refractivity contribution in [3.8, 4) is 0 Å². The molecular formula is C13H20BrNO2S2. The first kappa shape index (κ1) is 15.5. The summed E-state index contributed by atoms with van der Waals surface area (Å²) in [5.74, 6) is 0. The fourth-order valence-electron chi connectivity index (χ4n) is 2.73. The van der Waals surface area contributed by atoms with Crippen molar-refractivity contribution in [2.24, 2.45) is 0 Å². The Morgan fingerprint density at radius 2 is 2.21 bits per heavy atom. The summed E-state index contributed by atoms with van der Waals surface area (Å²) in [7, 11) is -3.33.